The van der Waals surface area contributed by atoms with E-state index in [9.17, 15) is 5.11 Å². The number of aliphatic hydroxyl groups excluding tert-OH is 1. The first-order chi connectivity index (χ1) is 8.09. The summed E-state index contributed by atoms with van der Waals surface area (Å²) in [6.45, 7) is 4.42. The molecule has 2 rings (SSSR count). The second-order valence-electron chi connectivity index (χ2n) is 4.25. The molecule has 1 atom stereocenters. The van der Waals surface area contributed by atoms with Crippen molar-refractivity contribution in [3.05, 3.63) is 18.2 Å². The monoisotopic (exact) mass is 235 g/mol. The Balaban J connectivity index is 2.28. The highest BCUT2D eigenvalue weighted by atomic mass is 16.3. The van der Waals surface area contributed by atoms with Crippen molar-refractivity contribution in [3.8, 4) is 0 Å². The Morgan fingerprint density at radius 1 is 1.47 bits per heavy atom. The van der Waals surface area contributed by atoms with E-state index in [2.05, 4.69) is 15.2 Å². The molecule has 1 N–H and O–H groups in total. The van der Waals surface area contributed by atoms with Crippen LogP contribution in [0.3, 0.4) is 0 Å². The SMILES string of the molecule is Cc1nnc2c(N(C)CCC(C)O)nccn12. The minimum absolute atomic E-state index is 0.309. The molecule has 0 amide bonds. The van der Waals surface area contributed by atoms with Crippen LogP contribution in [0.1, 0.15) is 19.2 Å². The number of aliphatic hydroxyl groups is 1. The lowest BCUT2D eigenvalue weighted by Crippen LogP contribution is -2.23. The molecule has 17 heavy (non-hydrogen) atoms. The van der Waals surface area contributed by atoms with Gasteiger partial charge < -0.3 is 10.0 Å². The van der Waals surface area contributed by atoms with Gasteiger partial charge in [0.05, 0.1) is 6.10 Å². The molecule has 0 bridgehead atoms. The highest BCUT2D eigenvalue weighted by Crippen LogP contribution is 2.16. The number of hydrogen-bond donors (Lipinski definition) is 1. The Bertz CT molecular complexity index is 508. The van der Waals surface area contributed by atoms with Crippen LogP contribution >= 0.6 is 0 Å². The first-order valence-electron chi connectivity index (χ1n) is 5.65. The molecule has 0 aliphatic rings. The molecule has 0 fully saturated rings. The summed E-state index contributed by atoms with van der Waals surface area (Å²) in [5.74, 6) is 1.63. The summed E-state index contributed by atoms with van der Waals surface area (Å²) in [5.41, 5.74) is 0.748. The third-order valence-corrected chi connectivity index (χ3v) is 2.72. The van der Waals surface area contributed by atoms with E-state index >= 15 is 0 Å². The predicted octanol–water partition coefficient (Wildman–Crippen LogP) is 0.640. The summed E-state index contributed by atoms with van der Waals surface area (Å²) in [5, 5.41) is 17.4. The molecule has 2 heterocycles. The molecule has 0 saturated heterocycles. The molecule has 0 spiro atoms. The maximum Gasteiger partial charge on any atom is 0.203 e. The van der Waals surface area contributed by atoms with Gasteiger partial charge in [0.1, 0.15) is 5.82 Å². The normalized spacial score (nSPS) is 12.9. The van der Waals surface area contributed by atoms with Gasteiger partial charge in [-0.05, 0) is 20.3 Å². The summed E-state index contributed by atoms with van der Waals surface area (Å²) >= 11 is 0. The predicted molar refractivity (Wildman–Crippen MR) is 65.1 cm³/mol. The molecule has 92 valence electrons. The standard InChI is InChI=1S/C11H17N5O/c1-8(17)4-6-15(3)10-11-14-13-9(2)16(11)7-5-12-10/h5,7-8,17H,4,6H2,1-3H3. The van der Waals surface area contributed by atoms with E-state index in [4.69, 9.17) is 0 Å². The first-order valence-corrected chi connectivity index (χ1v) is 5.65. The van der Waals surface area contributed by atoms with Crippen LogP contribution in [0, 0.1) is 6.92 Å². The fourth-order valence-electron chi connectivity index (χ4n) is 1.68. The Morgan fingerprint density at radius 2 is 2.24 bits per heavy atom. The third kappa shape index (κ3) is 2.36. The Kier molecular flexibility index (Phi) is 3.23. The zero-order valence-electron chi connectivity index (χ0n) is 10.3. The van der Waals surface area contributed by atoms with Crippen LogP contribution < -0.4 is 4.90 Å². The van der Waals surface area contributed by atoms with Gasteiger partial charge >= 0.3 is 0 Å². The number of rotatable bonds is 4. The van der Waals surface area contributed by atoms with Crippen molar-refractivity contribution < 1.29 is 5.11 Å². The van der Waals surface area contributed by atoms with Gasteiger partial charge in [-0.3, -0.25) is 4.40 Å². The van der Waals surface area contributed by atoms with Crippen LogP contribution in [0.4, 0.5) is 5.82 Å². The van der Waals surface area contributed by atoms with Crippen molar-refractivity contribution in [1.82, 2.24) is 19.6 Å². The van der Waals surface area contributed by atoms with Gasteiger partial charge in [-0.2, -0.15) is 0 Å². The molecular formula is C11H17N5O. The van der Waals surface area contributed by atoms with Crippen LogP contribution in [0.2, 0.25) is 0 Å². The van der Waals surface area contributed by atoms with Gasteiger partial charge in [0.2, 0.25) is 5.65 Å². The Labute approximate surface area is 99.9 Å². The van der Waals surface area contributed by atoms with E-state index in [1.807, 2.05) is 29.5 Å². The number of anilines is 1. The van der Waals surface area contributed by atoms with Crippen LogP contribution in [0.15, 0.2) is 12.4 Å². The quantitative estimate of drug-likeness (QED) is 0.842. The minimum Gasteiger partial charge on any atom is -0.393 e. The summed E-state index contributed by atoms with van der Waals surface area (Å²) in [4.78, 5) is 6.30. The first kappa shape index (κ1) is 11.8. The summed E-state index contributed by atoms with van der Waals surface area (Å²) in [6.07, 6.45) is 3.97. The van der Waals surface area contributed by atoms with Crippen LogP contribution in [0.25, 0.3) is 5.65 Å². The topological polar surface area (TPSA) is 66.5 Å². The van der Waals surface area contributed by atoms with Gasteiger partial charge in [-0.15, -0.1) is 10.2 Å². The van der Waals surface area contributed by atoms with E-state index in [-0.39, 0.29) is 6.10 Å². The van der Waals surface area contributed by atoms with Gasteiger partial charge in [-0.1, -0.05) is 0 Å². The van der Waals surface area contributed by atoms with Gasteiger partial charge in [0, 0.05) is 26.0 Å². The maximum absolute atomic E-state index is 9.29. The van der Waals surface area contributed by atoms with Crippen molar-refractivity contribution in [2.24, 2.45) is 0 Å². The summed E-state index contributed by atoms with van der Waals surface area (Å²) < 4.78 is 1.90. The van der Waals surface area contributed by atoms with E-state index in [1.165, 1.54) is 0 Å². The molecule has 1 unspecified atom stereocenters. The van der Waals surface area contributed by atoms with Crippen molar-refractivity contribution in [1.29, 1.82) is 0 Å². The van der Waals surface area contributed by atoms with Crippen molar-refractivity contribution in [2.45, 2.75) is 26.4 Å². The third-order valence-electron chi connectivity index (χ3n) is 2.72. The van der Waals surface area contributed by atoms with Gasteiger partial charge in [0.15, 0.2) is 5.82 Å². The zero-order valence-corrected chi connectivity index (χ0v) is 10.3. The molecule has 0 aliphatic heterocycles. The molecule has 2 aromatic rings. The zero-order chi connectivity index (χ0) is 12.4. The molecule has 2 aromatic heterocycles. The van der Waals surface area contributed by atoms with Crippen LogP contribution in [-0.2, 0) is 0 Å². The second-order valence-corrected chi connectivity index (χ2v) is 4.25. The number of hydrogen-bond acceptors (Lipinski definition) is 5. The fourth-order valence-corrected chi connectivity index (χ4v) is 1.68. The average molecular weight is 235 g/mol. The highest BCUT2D eigenvalue weighted by Gasteiger charge is 2.12. The smallest absolute Gasteiger partial charge is 0.203 e. The lowest BCUT2D eigenvalue weighted by atomic mass is 10.3. The van der Waals surface area contributed by atoms with Crippen LogP contribution in [-0.4, -0.2) is 44.4 Å². The highest BCUT2D eigenvalue weighted by molar-refractivity contribution is 5.63. The van der Waals surface area contributed by atoms with Crippen LogP contribution in [0.5, 0.6) is 0 Å². The Morgan fingerprint density at radius 3 is 2.94 bits per heavy atom. The largest absolute Gasteiger partial charge is 0.393 e. The van der Waals surface area contributed by atoms with Gasteiger partial charge in [-0.25, -0.2) is 4.98 Å². The summed E-state index contributed by atoms with van der Waals surface area (Å²) in [7, 11) is 1.94. The average Bonchev–Trinajstić information content (AvgIpc) is 2.68. The van der Waals surface area contributed by atoms with E-state index in [0.717, 1.165) is 23.8 Å². The molecule has 0 aliphatic carbocycles. The number of aryl methyl sites for hydroxylation is 1. The molecule has 6 nitrogen and oxygen atoms in total. The molecular weight excluding hydrogens is 218 g/mol. The second kappa shape index (κ2) is 4.67. The Hall–Kier alpha value is -1.69. The van der Waals surface area contributed by atoms with Crippen molar-refractivity contribution in [2.75, 3.05) is 18.5 Å². The van der Waals surface area contributed by atoms with E-state index < -0.39 is 0 Å². The molecule has 6 heteroatoms. The van der Waals surface area contributed by atoms with E-state index in [0.29, 0.717) is 6.42 Å². The molecule has 0 saturated carbocycles. The number of aromatic nitrogens is 4. The van der Waals surface area contributed by atoms with Gasteiger partial charge in [0.25, 0.3) is 0 Å². The van der Waals surface area contributed by atoms with Crippen molar-refractivity contribution >= 4 is 11.5 Å². The van der Waals surface area contributed by atoms with Crippen molar-refractivity contribution in [3.63, 3.8) is 0 Å². The fraction of sp³-hybridized carbons (Fsp3) is 0.545. The number of fused-ring (bicyclic) bond motifs is 1. The molecule has 0 aromatic carbocycles. The lowest BCUT2D eigenvalue weighted by molar-refractivity contribution is 0.187. The minimum atomic E-state index is -0.309. The number of nitrogens with zero attached hydrogens (tertiary/aromatic N) is 5. The maximum atomic E-state index is 9.29. The summed E-state index contributed by atoms with van der Waals surface area (Å²) in [6, 6.07) is 0. The van der Waals surface area contributed by atoms with E-state index in [1.54, 1.807) is 13.1 Å². The lowest BCUT2D eigenvalue weighted by Gasteiger charge is -2.18. The molecule has 0 radical (unpaired) electrons.